The molecule has 0 saturated carbocycles. The highest BCUT2D eigenvalue weighted by Crippen LogP contribution is 2.35. The fraction of sp³-hybridized carbons (Fsp3) is 0.240. The van der Waals surface area contributed by atoms with Crippen LogP contribution >= 0.6 is 23.4 Å². The summed E-state index contributed by atoms with van der Waals surface area (Å²) in [7, 11) is -1.97. The summed E-state index contributed by atoms with van der Waals surface area (Å²) in [5, 5.41) is 1.42. The zero-order valence-corrected chi connectivity index (χ0v) is 21.6. The number of benzene rings is 3. The molecule has 178 valence electrons. The summed E-state index contributed by atoms with van der Waals surface area (Å²) in [5.74, 6) is 1.36. The number of sulfonamides is 1. The van der Waals surface area contributed by atoms with Gasteiger partial charge in [-0.25, -0.2) is 13.4 Å². The molecule has 0 aliphatic heterocycles. The standard InChI is InChI=1S/C25H26ClN3O3S2/c1-4-28(5-2)34(30,31)20-13-14-22-21(16-20)27-25(33-17-18-9-8-10-19(26)15-18)29(22)23-11-6-7-12-24(23)32-3/h6-16H,4-5,17H2,1-3H3. The van der Waals surface area contributed by atoms with Crippen molar-refractivity contribution >= 4 is 44.4 Å². The molecule has 9 heteroatoms. The van der Waals surface area contributed by atoms with Crippen LogP contribution in [-0.4, -0.2) is 42.5 Å². The second kappa shape index (κ2) is 10.4. The zero-order valence-electron chi connectivity index (χ0n) is 19.2. The van der Waals surface area contributed by atoms with Gasteiger partial charge in [0.05, 0.1) is 28.7 Å². The second-order valence-electron chi connectivity index (χ2n) is 7.56. The Balaban J connectivity index is 1.85. The molecular weight excluding hydrogens is 490 g/mol. The van der Waals surface area contributed by atoms with Crippen LogP contribution in [0.25, 0.3) is 16.7 Å². The lowest BCUT2D eigenvalue weighted by Gasteiger charge is -2.18. The quantitative estimate of drug-likeness (QED) is 0.255. The van der Waals surface area contributed by atoms with Gasteiger partial charge < -0.3 is 4.74 Å². The Kier molecular flexibility index (Phi) is 7.52. The zero-order chi connectivity index (χ0) is 24.3. The summed E-state index contributed by atoms with van der Waals surface area (Å²) < 4.78 is 35.3. The number of aromatic nitrogens is 2. The first-order valence-corrected chi connectivity index (χ1v) is 13.7. The average Bonchev–Trinajstić information content (AvgIpc) is 3.20. The van der Waals surface area contributed by atoms with Gasteiger partial charge in [0, 0.05) is 23.9 Å². The number of ether oxygens (including phenoxy) is 1. The Hall–Kier alpha value is -2.52. The predicted molar refractivity (Wildman–Crippen MR) is 139 cm³/mol. The highest BCUT2D eigenvalue weighted by Gasteiger charge is 2.24. The number of methoxy groups -OCH3 is 1. The highest BCUT2D eigenvalue weighted by atomic mass is 35.5. The predicted octanol–water partition coefficient (Wildman–Crippen LogP) is 6.01. The number of imidazole rings is 1. The first-order valence-electron chi connectivity index (χ1n) is 10.9. The Labute approximate surface area is 209 Å². The van der Waals surface area contributed by atoms with Crippen molar-refractivity contribution in [1.82, 2.24) is 13.9 Å². The minimum Gasteiger partial charge on any atom is -0.495 e. The summed E-state index contributed by atoms with van der Waals surface area (Å²) in [5.41, 5.74) is 3.31. The molecule has 0 saturated heterocycles. The van der Waals surface area contributed by atoms with Gasteiger partial charge in [-0.15, -0.1) is 0 Å². The van der Waals surface area contributed by atoms with Gasteiger partial charge in [-0.3, -0.25) is 4.57 Å². The molecule has 0 amide bonds. The third kappa shape index (κ3) is 4.81. The van der Waals surface area contributed by atoms with Crippen molar-refractivity contribution in [3.05, 3.63) is 77.3 Å². The van der Waals surface area contributed by atoms with Crippen LogP contribution in [0.5, 0.6) is 5.75 Å². The monoisotopic (exact) mass is 515 g/mol. The van der Waals surface area contributed by atoms with Crippen LogP contribution in [0, 0.1) is 0 Å². The number of rotatable bonds is 9. The molecule has 6 nitrogen and oxygen atoms in total. The topological polar surface area (TPSA) is 64.4 Å². The van der Waals surface area contributed by atoms with Crippen molar-refractivity contribution < 1.29 is 13.2 Å². The Bertz CT molecular complexity index is 1420. The number of hydrogen-bond donors (Lipinski definition) is 0. The minimum atomic E-state index is -3.60. The van der Waals surface area contributed by atoms with Gasteiger partial charge in [-0.2, -0.15) is 4.31 Å². The van der Waals surface area contributed by atoms with E-state index in [-0.39, 0.29) is 4.90 Å². The van der Waals surface area contributed by atoms with E-state index in [0.29, 0.717) is 35.1 Å². The van der Waals surface area contributed by atoms with E-state index in [1.54, 1.807) is 31.0 Å². The van der Waals surface area contributed by atoms with E-state index in [2.05, 4.69) is 0 Å². The van der Waals surface area contributed by atoms with Gasteiger partial charge in [0.15, 0.2) is 5.16 Å². The van der Waals surface area contributed by atoms with Gasteiger partial charge in [0.25, 0.3) is 0 Å². The van der Waals surface area contributed by atoms with Gasteiger partial charge in [-0.1, -0.05) is 61.5 Å². The summed E-state index contributed by atoms with van der Waals surface area (Å²) >= 11 is 7.71. The Morgan fingerprint density at radius 2 is 1.79 bits per heavy atom. The van der Waals surface area contributed by atoms with Crippen molar-refractivity contribution in [2.24, 2.45) is 0 Å². The van der Waals surface area contributed by atoms with E-state index >= 15 is 0 Å². The van der Waals surface area contributed by atoms with Gasteiger partial charge in [0.2, 0.25) is 10.0 Å². The van der Waals surface area contributed by atoms with E-state index in [1.807, 2.05) is 73.0 Å². The third-order valence-electron chi connectivity index (χ3n) is 5.52. The lowest BCUT2D eigenvalue weighted by Crippen LogP contribution is -2.30. The van der Waals surface area contributed by atoms with Gasteiger partial charge in [0.1, 0.15) is 5.75 Å². The number of para-hydroxylation sites is 2. The average molecular weight is 516 g/mol. The lowest BCUT2D eigenvalue weighted by atomic mass is 10.2. The number of fused-ring (bicyclic) bond motifs is 1. The van der Waals surface area contributed by atoms with Crippen LogP contribution in [0.3, 0.4) is 0 Å². The second-order valence-corrected chi connectivity index (χ2v) is 10.9. The first-order chi connectivity index (χ1) is 16.4. The van der Waals surface area contributed by atoms with Gasteiger partial charge >= 0.3 is 0 Å². The van der Waals surface area contributed by atoms with Crippen LogP contribution in [0.4, 0.5) is 0 Å². The molecule has 0 fully saturated rings. The maximum absolute atomic E-state index is 13.1. The van der Waals surface area contributed by atoms with Crippen LogP contribution in [-0.2, 0) is 15.8 Å². The molecule has 4 rings (SSSR count). The molecule has 4 aromatic rings. The Morgan fingerprint density at radius 1 is 1.03 bits per heavy atom. The molecule has 0 N–H and O–H groups in total. The van der Waals surface area contributed by atoms with Crippen molar-refractivity contribution in [3.8, 4) is 11.4 Å². The number of nitrogens with zero attached hydrogens (tertiary/aromatic N) is 3. The molecule has 0 aliphatic rings. The number of hydrogen-bond acceptors (Lipinski definition) is 5. The molecule has 0 bridgehead atoms. The fourth-order valence-corrected chi connectivity index (χ4v) is 6.49. The minimum absolute atomic E-state index is 0.236. The smallest absolute Gasteiger partial charge is 0.243 e. The van der Waals surface area contributed by atoms with E-state index in [4.69, 9.17) is 21.3 Å². The van der Waals surface area contributed by atoms with E-state index in [0.717, 1.165) is 21.9 Å². The fourth-order valence-electron chi connectivity index (χ4n) is 3.83. The molecular formula is C25H26ClN3O3S2. The summed E-state index contributed by atoms with van der Waals surface area (Å²) in [6.07, 6.45) is 0. The molecule has 0 aliphatic carbocycles. The highest BCUT2D eigenvalue weighted by molar-refractivity contribution is 7.98. The molecule has 1 heterocycles. The third-order valence-corrected chi connectivity index (χ3v) is 8.81. The van der Waals surface area contributed by atoms with Crippen molar-refractivity contribution in [2.75, 3.05) is 20.2 Å². The van der Waals surface area contributed by atoms with Crippen molar-refractivity contribution in [3.63, 3.8) is 0 Å². The van der Waals surface area contributed by atoms with Crippen LogP contribution in [0.15, 0.2) is 76.8 Å². The summed E-state index contributed by atoms with van der Waals surface area (Å²) in [6.45, 7) is 4.49. The lowest BCUT2D eigenvalue weighted by molar-refractivity contribution is 0.412. The van der Waals surface area contributed by atoms with Crippen molar-refractivity contribution in [1.29, 1.82) is 0 Å². The van der Waals surface area contributed by atoms with Crippen LogP contribution < -0.4 is 4.74 Å². The SMILES string of the molecule is CCN(CC)S(=O)(=O)c1ccc2c(c1)nc(SCc1cccc(Cl)c1)n2-c1ccccc1OC. The van der Waals surface area contributed by atoms with Crippen molar-refractivity contribution in [2.45, 2.75) is 29.7 Å². The molecule has 0 unspecified atom stereocenters. The molecule has 3 aromatic carbocycles. The van der Waals surface area contributed by atoms with E-state index in [9.17, 15) is 8.42 Å². The molecule has 1 aromatic heterocycles. The van der Waals surface area contributed by atoms with Crippen LogP contribution in [0.1, 0.15) is 19.4 Å². The summed E-state index contributed by atoms with van der Waals surface area (Å²) in [6, 6.07) is 20.5. The first kappa shape index (κ1) is 24.6. The maximum Gasteiger partial charge on any atom is 0.243 e. The normalized spacial score (nSPS) is 11.9. The molecule has 0 radical (unpaired) electrons. The largest absolute Gasteiger partial charge is 0.495 e. The van der Waals surface area contributed by atoms with Gasteiger partial charge in [-0.05, 0) is 48.0 Å². The number of thioether (sulfide) groups is 1. The van der Waals surface area contributed by atoms with Crippen LogP contribution in [0.2, 0.25) is 5.02 Å². The molecule has 0 atom stereocenters. The molecule has 34 heavy (non-hydrogen) atoms. The Morgan fingerprint density at radius 3 is 2.50 bits per heavy atom. The molecule has 0 spiro atoms. The number of halogens is 1. The van der Waals surface area contributed by atoms with E-state index in [1.165, 1.54) is 4.31 Å². The van der Waals surface area contributed by atoms with E-state index < -0.39 is 10.0 Å². The maximum atomic E-state index is 13.1. The summed E-state index contributed by atoms with van der Waals surface area (Å²) in [4.78, 5) is 5.08.